The van der Waals surface area contributed by atoms with E-state index in [1.165, 1.54) is 0 Å². The molecule has 0 fully saturated rings. The van der Waals surface area contributed by atoms with E-state index >= 15 is 0 Å². The molecule has 2 atom stereocenters. The molecule has 0 aliphatic carbocycles. The fraction of sp³-hybridized carbons (Fsp3) is 0.917. The lowest BCUT2D eigenvalue weighted by molar-refractivity contribution is -0.127. The Hall–Kier alpha value is -0.610. The van der Waals surface area contributed by atoms with E-state index < -0.39 is 0 Å². The number of carbonyl (C=O) groups excluding carboxylic acids is 1. The average Bonchev–Trinajstić information content (AvgIpc) is 2.14. The van der Waals surface area contributed by atoms with Gasteiger partial charge in [-0.3, -0.25) is 9.69 Å². The van der Waals surface area contributed by atoms with Gasteiger partial charge in [0.05, 0.1) is 6.04 Å². The number of nitrogens with zero attached hydrogens (tertiary/aromatic N) is 1. The Labute approximate surface area is 99.6 Å². The zero-order valence-electron chi connectivity index (χ0n) is 11.5. The van der Waals surface area contributed by atoms with Crippen LogP contribution in [0.25, 0.3) is 0 Å². The highest BCUT2D eigenvalue weighted by atomic mass is 16.2. The van der Waals surface area contributed by atoms with Crippen LogP contribution in [0.1, 0.15) is 41.0 Å². The Morgan fingerprint density at radius 2 is 1.94 bits per heavy atom. The number of nitrogens with one attached hydrogen (secondary N) is 1. The summed E-state index contributed by atoms with van der Waals surface area (Å²) in [5.74, 6) is 0.0648. The number of nitrogens with two attached hydrogens (primary N) is 1. The first-order chi connectivity index (χ1) is 7.19. The van der Waals surface area contributed by atoms with Crippen molar-refractivity contribution in [1.29, 1.82) is 0 Å². The minimum atomic E-state index is -0.142. The molecule has 0 aromatic carbocycles. The molecule has 0 aromatic rings. The van der Waals surface area contributed by atoms with E-state index in [0.29, 0.717) is 0 Å². The van der Waals surface area contributed by atoms with Crippen LogP contribution in [0.2, 0.25) is 0 Å². The Bertz CT molecular complexity index is 226. The van der Waals surface area contributed by atoms with Crippen LogP contribution in [0, 0.1) is 0 Å². The monoisotopic (exact) mass is 229 g/mol. The van der Waals surface area contributed by atoms with Gasteiger partial charge < -0.3 is 11.1 Å². The first-order valence-electron chi connectivity index (χ1n) is 5.97. The Morgan fingerprint density at radius 3 is 2.31 bits per heavy atom. The SMILES string of the molecule is CCC(C)(C)NC(=O)C(C)N(C)CC(C)N. The van der Waals surface area contributed by atoms with Crippen molar-refractivity contribution in [3.05, 3.63) is 0 Å². The molecule has 2 unspecified atom stereocenters. The fourth-order valence-electron chi connectivity index (χ4n) is 1.34. The lowest BCUT2D eigenvalue weighted by Gasteiger charge is -2.30. The molecule has 0 rings (SSSR count). The van der Waals surface area contributed by atoms with E-state index in [-0.39, 0.29) is 23.5 Å². The lowest BCUT2D eigenvalue weighted by atomic mass is 10.0. The van der Waals surface area contributed by atoms with Gasteiger partial charge in [0, 0.05) is 18.1 Å². The van der Waals surface area contributed by atoms with E-state index in [9.17, 15) is 4.79 Å². The molecule has 0 radical (unpaired) electrons. The predicted molar refractivity (Wildman–Crippen MR) is 68.3 cm³/mol. The van der Waals surface area contributed by atoms with Crippen molar-refractivity contribution < 1.29 is 4.79 Å². The Morgan fingerprint density at radius 1 is 1.44 bits per heavy atom. The van der Waals surface area contributed by atoms with Crippen molar-refractivity contribution in [2.45, 2.75) is 58.7 Å². The maximum Gasteiger partial charge on any atom is 0.237 e. The zero-order chi connectivity index (χ0) is 12.9. The van der Waals surface area contributed by atoms with Crippen LogP contribution < -0.4 is 11.1 Å². The predicted octanol–water partition coefficient (Wildman–Crippen LogP) is 0.959. The van der Waals surface area contributed by atoms with Crippen molar-refractivity contribution in [2.75, 3.05) is 13.6 Å². The summed E-state index contributed by atoms with van der Waals surface area (Å²) in [6.45, 7) is 10.7. The van der Waals surface area contributed by atoms with Crippen LogP contribution in [0.4, 0.5) is 0 Å². The highest BCUT2D eigenvalue weighted by Gasteiger charge is 2.24. The second-order valence-electron chi connectivity index (χ2n) is 5.32. The molecule has 0 aromatic heterocycles. The highest BCUT2D eigenvalue weighted by Crippen LogP contribution is 2.08. The van der Waals surface area contributed by atoms with Crippen LogP contribution >= 0.6 is 0 Å². The van der Waals surface area contributed by atoms with Crippen LogP contribution in [0.3, 0.4) is 0 Å². The van der Waals surface area contributed by atoms with Gasteiger partial charge in [0.2, 0.25) is 5.91 Å². The Kier molecular flexibility index (Phi) is 5.97. The molecular weight excluding hydrogens is 202 g/mol. The number of rotatable bonds is 6. The van der Waals surface area contributed by atoms with Gasteiger partial charge >= 0.3 is 0 Å². The molecule has 3 N–H and O–H groups in total. The maximum absolute atomic E-state index is 11.9. The summed E-state index contributed by atoms with van der Waals surface area (Å²) in [5.41, 5.74) is 5.57. The summed E-state index contributed by atoms with van der Waals surface area (Å²) < 4.78 is 0. The highest BCUT2D eigenvalue weighted by molar-refractivity contribution is 5.81. The summed E-state index contributed by atoms with van der Waals surface area (Å²) in [4.78, 5) is 13.9. The third-order valence-electron chi connectivity index (χ3n) is 2.96. The van der Waals surface area contributed by atoms with E-state index in [1.807, 2.05) is 39.6 Å². The summed E-state index contributed by atoms with van der Waals surface area (Å²) in [7, 11) is 1.92. The number of amides is 1. The van der Waals surface area contributed by atoms with E-state index in [2.05, 4.69) is 12.2 Å². The molecule has 1 amide bonds. The summed E-state index contributed by atoms with van der Waals surface area (Å²) in [6, 6.07) is -0.0590. The third kappa shape index (κ3) is 5.47. The summed E-state index contributed by atoms with van der Waals surface area (Å²) in [5, 5.41) is 3.04. The third-order valence-corrected chi connectivity index (χ3v) is 2.96. The van der Waals surface area contributed by atoms with Gasteiger partial charge in [-0.05, 0) is 41.2 Å². The molecular formula is C12H27N3O. The van der Waals surface area contributed by atoms with Gasteiger partial charge in [-0.1, -0.05) is 6.92 Å². The Balaban J connectivity index is 4.28. The molecule has 0 heterocycles. The van der Waals surface area contributed by atoms with Gasteiger partial charge in [0.1, 0.15) is 0 Å². The standard InChI is InChI=1S/C12H27N3O/c1-7-12(4,5)14-11(16)10(3)15(6)8-9(2)13/h9-10H,7-8,13H2,1-6H3,(H,14,16). The van der Waals surface area contributed by atoms with E-state index in [0.717, 1.165) is 13.0 Å². The maximum atomic E-state index is 11.9. The van der Waals surface area contributed by atoms with Crippen LogP contribution in [-0.4, -0.2) is 42.0 Å². The first-order valence-corrected chi connectivity index (χ1v) is 5.97. The van der Waals surface area contributed by atoms with Gasteiger partial charge in [-0.2, -0.15) is 0 Å². The molecule has 0 saturated heterocycles. The zero-order valence-corrected chi connectivity index (χ0v) is 11.5. The molecule has 0 aliphatic rings. The molecule has 0 spiro atoms. The number of carbonyl (C=O) groups is 1. The average molecular weight is 229 g/mol. The number of likely N-dealkylation sites (N-methyl/N-ethyl adjacent to an activating group) is 1. The van der Waals surface area contributed by atoms with E-state index in [1.54, 1.807) is 0 Å². The van der Waals surface area contributed by atoms with Crippen LogP contribution in [0.5, 0.6) is 0 Å². The second kappa shape index (κ2) is 6.21. The molecule has 0 saturated carbocycles. The van der Waals surface area contributed by atoms with Crippen molar-refractivity contribution in [3.8, 4) is 0 Å². The topological polar surface area (TPSA) is 58.4 Å². The lowest BCUT2D eigenvalue weighted by Crippen LogP contribution is -2.52. The fourth-order valence-corrected chi connectivity index (χ4v) is 1.34. The minimum Gasteiger partial charge on any atom is -0.350 e. The molecule has 4 heteroatoms. The number of hydrogen-bond acceptors (Lipinski definition) is 3. The van der Waals surface area contributed by atoms with Crippen molar-refractivity contribution in [1.82, 2.24) is 10.2 Å². The van der Waals surface area contributed by atoms with Crippen LogP contribution in [0.15, 0.2) is 0 Å². The summed E-state index contributed by atoms with van der Waals surface area (Å²) >= 11 is 0. The van der Waals surface area contributed by atoms with Crippen molar-refractivity contribution >= 4 is 5.91 Å². The summed E-state index contributed by atoms with van der Waals surface area (Å²) in [6.07, 6.45) is 0.919. The minimum absolute atomic E-state index is 0.0648. The first kappa shape index (κ1) is 15.4. The van der Waals surface area contributed by atoms with E-state index in [4.69, 9.17) is 5.73 Å². The molecule has 4 nitrogen and oxygen atoms in total. The molecule has 0 bridgehead atoms. The molecule has 96 valence electrons. The quantitative estimate of drug-likeness (QED) is 0.713. The van der Waals surface area contributed by atoms with Crippen molar-refractivity contribution in [2.24, 2.45) is 5.73 Å². The van der Waals surface area contributed by atoms with Gasteiger partial charge in [0.15, 0.2) is 0 Å². The molecule has 16 heavy (non-hydrogen) atoms. The van der Waals surface area contributed by atoms with Gasteiger partial charge in [-0.25, -0.2) is 0 Å². The normalized spacial score (nSPS) is 16.0. The smallest absolute Gasteiger partial charge is 0.237 e. The van der Waals surface area contributed by atoms with Crippen molar-refractivity contribution in [3.63, 3.8) is 0 Å². The second-order valence-corrected chi connectivity index (χ2v) is 5.32. The van der Waals surface area contributed by atoms with Gasteiger partial charge in [0.25, 0.3) is 0 Å². The van der Waals surface area contributed by atoms with Gasteiger partial charge in [-0.15, -0.1) is 0 Å². The largest absolute Gasteiger partial charge is 0.350 e. The molecule has 0 aliphatic heterocycles. The number of hydrogen-bond donors (Lipinski definition) is 2. The van der Waals surface area contributed by atoms with Crippen LogP contribution in [-0.2, 0) is 4.79 Å².